The normalized spacial score (nSPS) is 10.7. The lowest BCUT2D eigenvalue weighted by Crippen LogP contribution is -2.00. The molecule has 16 heavy (non-hydrogen) atoms. The Morgan fingerprint density at radius 2 is 1.94 bits per heavy atom. The zero-order valence-electron chi connectivity index (χ0n) is 8.91. The Bertz CT molecular complexity index is 593. The first-order chi connectivity index (χ1) is 7.52. The van der Waals surface area contributed by atoms with Crippen LogP contribution in [0.3, 0.4) is 0 Å². The highest BCUT2D eigenvalue weighted by Crippen LogP contribution is 2.30. The van der Waals surface area contributed by atoms with E-state index in [-0.39, 0.29) is 10.6 Å². The molecule has 82 valence electrons. The molecular weight excluding hydrogens is 226 g/mol. The Morgan fingerprint density at radius 3 is 2.56 bits per heavy atom. The van der Waals surface area contributed by atoms with Crippen molar-refractivity contribution >= 4 is 28.5 Å². The van der Waals surface area contributed by atoms with Crippen molar-refractivity contribution in [1.29, 1.82) is 0 Å². The van der Waals surface area contributed by atoms with Gasteiger partial charge in [0.25, 0.3) is 0 Å². The van der Waals surface area contributed by atoms with E-state index in [0.717, 1.165) is 22.0 Å². The van der Waals surface area contributed by atoms with E-state index in [2.05, 4.69) is 4.98 Å². The molecule has 0 aliphatic rings. The zero-order valence-corrected chi connectivity index (χ0v) is 9.67. The molecule has 0 saturated carbocycles. The van der Waals surface area contributed by atoms with E-state index in [1.165, 1.54) is 6.20 Å². The van der Waals surface area contributed by atoms with E-state index in [0.29, 0.717) is 0 Å². The number of benzene rings is 1. The summed E-state index contributed by atoms with van der Waals surface area (Å²) >= 11 is 6.09. The van der Waals surface area contributed by atoms with Gasteiger partial charge < -0.3 is 5.11 Å². The second kappa shape index (κ2) is 3.76. The number of hydrogen-bond acceptors (Lipinski definition) is 2. The van der Waals surface area contributed by atoms with Gasteiger partial charge in [0.1, 0.15) is 0 Å². The van der Waals surface area contributed by atoms with Crippen LogP contribution < -0.4 is 0 Å². The summed E-state index contributed by atoms with van der Waals surface area (Å²) in [7, 11) is 0. The SMILES string of the molecule is Cc1ccc(C)c2c(Cl)c(C(=O)O)cnc12. The van der Waals surface area contributed by atoms with E-state index in [4.69, 9.17) is 16.7 Å². The average molecular weight is 236 g/mol. The third kappa shape index (κ3) is 1.53. The molecule has 0 unspecified atom stereocenters. The first kappa shape index (κ1) is 10.9. The van der Waals surface area contributed by atoms with Crippen LogP contribution in [0.1, 0.15) is 21.5 Å². The first-order valence-corrected chi connectivity index (χ1v) is 5.18. The molecule has 0 radical (unpaired) electrons. The van der Waals surface area contributed by atoms with Gasteiger partial charge in [-0.15, -0.1) is 0 Å². The number of halogens is 1. The first-order valence-electron chi connectivity index (χ1n) is 4.80. The van der Waals surface area contributed by atoms with Gasteiger partial charge in [-0.1, -0.05) is 23.7 Å². The van der Waals surface area contributed by atoms with Crippen LogP contribution in [0.2, 0.25) is 5.02 Å². The minimum absolute atomic E-state index is 0.0443. The average Bonchev–Trinajstić information content (AvgIpc) is 2.23. The maximum absolute atomic E-state index is 10.9. The molecule has 1 aromatic heterocycles. The summed E-state index contributed by atoms with van der Waals surface area (Å²) in [5.41, 5.74) is 2.72. The molecule has 3 nitrogen and oxygen atoms in total. The van der Waals surface area contributed by atoms with Gasteiger partial charge >= 0.3 is 5.97 Å². The smallest absolute Gasteiger partial charge is 0.338 e. The van der Waals surface area contributed by atoms with Crippen molar-refractivity contribution < 1.29 is 9.90 Å². The van der Waals surface area contributed by atoms with Gasteiger partial charge in [-0.2, -0.15) is 0 Å². The molecule has 0 aliphatic carbocycles. The molecular formula is C12H10ClNO2. The second-order valence-electron chi connectivity index (χ2n) is 3.71. The van der Waals surface area contributed by atoms with Crippen molar-refractivity contribution in [3.63, 3.8) is 0 Å². The lowest BCUT2D eigenvalue weighted by atomic mass is 10.0. The maximum Gasteiger partial charge on any atom is 0.338 e. The second-order valence-corrected chi connectivity index (χ2v) is 4.09. The molecule has 2 aromatic rings. The number of rotatable bonds is 1. The van der Waals surface area contributed by atoms with Crippen LogP contribution >= 0.6 is 11.6 Å². The van der Waals surface area contributed by atoms with Crippen LogP contribution in [-0.4, -0.2) is 16.1 Å². The molecule has 1 aromatic carbocycles. The fraction of sp³-hybridized carbons (Fsp3) is 0.167. The molecule has 4 heteroatoms. The Labute approximate surface area is 97.7 Å². The number of fused-ring (bicyclic) bond motifs is 1. The topological polar surface area (TPSA) is 50.2 Å². The van der Waals surface area contributed by atoms with Crippen molar-refractivity contribution in [2.75, 3.05) is 0 Å². The van der Waals surface area contributed by atoms with Crippen molar-refractivity contribution in [3.8, 4) is 0 Å². The van der Waals surface area contributed by atoms with E-state index in [1.54, 1.807) is 0 Å². The molecule has 0 fully saturated rings. The summed E-state index contributed by atoms with van der Waals surface area (Å²) in [6.45, 7) is 3.81. The highest BCUT2D eigenvalue weighted by atomic mass is 35.5. The summed E-state index contributed by atoms with van der Waals surface area (Å²) in [6, 6.07) is 3.86. The Kier molecular flexibility index (Phi) is 2.56. The van der Waals surface area contributed by atoms with Crippen molar-refractivity contribution in [2.45, 2.75) is 13.8 Å². The molecule has 2 rings (SSSR count). The van der Waals surface area contributed by atoms with Crippen molar-refractivity contribution in [3.05, 3.63) is 40.0 Å². The fourth-order valence-corrected chi connectivity index (χ4v) is 2.08. The third-order valence-electron chi connectivity index (χ3n) is 2.60. The zero-order chi connectivity index (χ0) is 11.9. The molecule has 0 aliphatic heterocycles. The summed E-state index contributed by atoms with van der Waals surface area (Å²) in [4.78, 5) is 15.1. The van der Waals surface area contributed by atoms with Gasteiger partial charge in [-0.25, -0.2) is 4.79 Å². The van der Waals surface area contributed by atoms with Crippen LogP contribution in [0.25, 0.3) is 10.9 Å². The molecule has 0 amide bonds. The van der Waals surface area contributed by atoms with Crippen LogP contribution in [0, 0.1) is 13.8 Å². The highest BCUT2D eigenvalue weighted by Gasteiger charge is 2.14. The molecule has 1 heterocycles. The number of hydrogen-bond donors (Lipinski definition) is 1. The summed E-state index contributed by atoms with van der Waals surface area (Å²) < 4.78 is 0. The fourth-order valence-electron chi connectivity index (χ4n) is 1.71. The van der Waals surface area contributed by atoms with Gasteiger partial charge in [-0.3, -0.25) is 4.98 Å². The lowest BCUT2D eigenvalue weighted by molar-refractivity contribution is 0.0697. The van der Waals surface area contributed by atoms with Crippen LogP contribution in [0.4, 0.5) is 0 Å². The summed E-state index contributed by atoms with van der Waals surface area (Å²) in [5, 5.41) is 9.95. The molecule has 0 spiro atoms. The monoisotopic (exact) mass is 235 g/mol. The number of carbonyl (C=O) groups is 1. The third-order valence-corrected chi connectivity index (χ3v) is 2.99. The van der Waals surface area contributed by atoms with Gasteiger partial charge in [0.05, 0.1) is 16.1 Å². The predicted molar refractivity (Wildman–Crippen MR) is 63.2 cm³/mol. The van der Waals surface area contributed by atoms with E-state index < -0.39 is 5.97 Å². The van der Waals surface area contributed by atoms with E-state index in [9.17, 15) is 4.79 Å². The van der Waals surface area contributed by atoms with E-state index >= 15 is 0 Å². The van der Waals surface area contributed by atoms with Gasteiger partial charge in [0.15, 0.2) is 0 Å². The summed E-state index contributed by atoms with van der Waals surface area (Å²) in [5.74, 6) is -1.06. The molecule has 1 N–H and O–H groups in total. The van der Waals surface area contributed by atoms with Crippen molar-refractivity contribution in [2.24, 2.45) is 0 Å². The Hall–Kier alpha value is -1.61. The summed E-state index contributed by atoms with van der Waals surface area (Å²) in [6.07, 6.45) is 1.30. The van der Waals surface area contributed by atoms with Crippen LogP contribution in [0.5, 0.6) is 0 Å². The quantitative estimate of drug-likeness (QED) is 0.826. The number of aromatic nitrogens is 1. The predicted octanol–water partition coefficient (Wildman–Crippen LogP) is 3.20. The minimum Gasteiger partial charge on any atom is -0.478 e. The number of nitrogens with zero attached hydrogens (tertiary/aromatic N) is 1. The standard InChI is InChI=1S/C12H10ClNO2/c1-6-3-4-7(2)11-9(6)10(13)8(5-14-11)12(15)16/h3-5H,1-2H3,(H,15,16). The Morgan fingerprint density at radius 1 is 1.31 bits per heavy atom. The largest absolute Gasteiger partial charge is 0.478 e. The number of aromatic carboxylic acids is 1. The van der Waals surface area contributed by atoms with E-state index in [1.807, 2.05) is 26.0 Å². The number of carboxylic acids is 1. The number of carboxylic acid groups (broad SMARTS) is 1. The van der Waals surface area contributed by atoms with Gasteiger partial charge in [0.2, 0.25) is 0 Å². The molecule has 0 atom stereocenters. The Balaban J connectivity index is 2.94. The van der Waals surface area contributed by atoms with Gasteiger partial charge in [-0.05, 0) is 25.0 Å². The molecule has 0 saturated heterocycles. The van der Waals surface area contributed by atoms with Crippen LogP contribution in [-0.2, 0) is 0 Å². The number of pyridine rings is 1. The minimum atomic E-state index is -1.06. The van der Waals surface area contributed by atoms with Gasteiger partial charge in [0, 0.05) is 11.6 Å². The lowest BCUT2D eigenvalue weighted by Gasteiger charge is -2.08. The van der Waals surface area contributed by atoms with Crippen LogP contribution in [0.15, 0.2) is 18.3 Å². The number of aryl methyl sites for hydroxylation is 2. The maximum atomic E-state index is 10.9. The molecule has 0 bridgehead atoms. The van der Waals surface area contributed by atoms with Crippen molar-refractivity contribution in [1.82, 2.24) is 4.98 Å². The highest BCUT2D eigenvalue weighted by molar-refractivity contribution is 6.38.